The molecule has 5 nitrogen and oxygen atoms in total. The molecule has 1 fully saturated rings. The second kappa shape index (κ2) is 9.23. The van der Waals surface area contributed by atoms with Gasteiger partial charge in [0.1, 0.15) is 5.75 Å². The number of nitrogens with one attached hydrogen (secondary N) is 1. The zero-order chi connectivity index (χ0) is 21.8. The quantitative estimate of drug-likeness (QED) is 0.507. The topological polar surface area (TPSA) is 69.6 Å². The number of phenolic OH excluding ortho intramolecular Hbond substituents is 1. The molecule has 3 aromatic rings. The molecule has 1 heterocycles. The van der Waals surface area contributed by atoms with Crippen LogP contribution in [-0.4, -0.2) is 29.3 Å². The first kappa shape index (κ1) is 20.9. The molecule has 2 N–H and O–H groups in total. The SMILES string of the molecule is O=C(Nc1cc(-c2ccccc2)ccc1C(=O)Cl)c1cc(N2CCCCC2)ccc1O. The van der Waals surface area contributed by atoms with E-state index in [-0.39, 0.29) is 16.9 Å². The number of hydrogen-bond donors (Lipinski definition) is 2. The van der Waals surface area contributed by atoms with Gasteiger partial charge in [0.2, 0.25) is 0 Å². The number of carbonyl (C=O) groups is 2. The maximum Gasteiger partial charge on any atom is 0.259 e. The number of carbonyl (C=O) groups excluding carboxylic acids is 2. The Balaban J connectivity index is 1.65. The summed E-state index contributed by atoms with van der Waals surface area (Å²) in [5.74, 6) is -0.614. The minimum atomic E-state index is -0.666. The van der Waals surface area contributed by atoms with Gasteiger partial charge in [-0.2, -0.15) is 0 Å². The van der Waals surface area contributed by atoms with E-state index in [9.17, 15) is 14.7 Å². The second-order valence-electron chi connectivity index (χ2n) is 7.60. The van der Waals surface area contributed by atoms with Crippen molar-refractivity contribution in [2.24, 2.45) is 0 Å². The van der Waals surface area contributed by atoms with E-state index in [0.29, 0.717) is 5.69 Å². The van der Waals surface area contributed by atoms with E-state index in [1.165, 1.54) is 12.5 Å². The van der Waals surface area contributed by atoms with Crippen LogP contribution in [0.3, 0.4) is 0 Å². The molecule has 158 valence electrons. The van der Waals surface area contributed by atoms with Gasteiger partial charge in [0.15, 0.2) is 0 Å². The second-order valence-corrected chi connectivity index (χ2v) is 7.95. The molecule has 0 radical (unpaired) electrons. The highest BCUT2D eigenvalue weighted by Gasteiger charge is 2.19. The van der Waals surface area contributed by atoms with Crippen LogP contribution < -0.4 is 10.2 Å². The highest BCUT2D eigenvalue weighted by atomic mass is 35.5. The van der Waals surface area contributed by atoms with Gasteiger partial charge in [0.05, 0.1) is 16.8 Å². The molecule has 1 aliphatic heterocycles. The number of nitrogens with zero attached hydrogens (tertiary/aromatic N) is 1. The van der Waals surface area contributed by atoms with E-state index >= 15 is 0 Å². The van der Waals surface area contributed by atoms with E-state index in [1.807, 2.05) is 36.4 Å². The fourth-order valence-electron chi connectivity index (χ4n) is 3.87. The van der Waals surface area contributed by atoms with Crippen LogP contribution in [0.4, 0.5) is 11.4 Å². The summed E-state index contributed by atoms with van der Waals surface area (Å²) < 4.78 is 0. The van der Waals surface area contributed by atoms with Gasteiger partial charge in [-0.25, -0.2) is 0 Å². The highest BCUT2D eigenvalue weighted by molar-refractivity contribution is 6.68. The maximum absolute atomic E-state index is 13.0. The summed E-state index contributed by atoms with van der Waals surface area (Å²) >= 11 is 5.75. The molecule has 4 rings (SSSR count). The molecule has 0 spiro atoms. The first-order valence-electron chi connectivity index (χ1n) is 10.3. The fourth-order valence-corrected chi connectivity index (χ4v) is 4.04. The van der Waals surface area contributed by atoms with Crippen molar-refractivity contribution in [1.82, 2.24) is 0 Å². The van der Waals surface area contributed by atoms with Gasteiger partial charge < -0.3 is 15.3 Å². The van der Waals surface area contributed by atoms with Crippen molar-refractivity contribution in [2.75, 3.05) is 23.3 Å². The van der Waals surface area contributed by atoms with Crippen molar-refractivity contribution >= 4 is 34.1 Å². The Morgan fingerprint density at radius 1 is 0.839 bits per heavy atom. The third-order valence-electron chi connectivity index (χ3n) is 5.53. The van der Waals surface area contributed by atoms with Crippen LogP contribution in [-0.2, 0) is 0 Å². The number of anilines is 2. The Kier molecular flexibility index (Phi) is 6.23. The number of phenols is 1. The smallest absolute Gasteiger partial charge is 0.259 e. The third-order valence-corrected chi connectivity index (χ3v) is 5.74. The Hall–Kier alpha value is -3.31. The van der Waals surface area contributed by atoms with Crippen molar-refractivity contribution < 1.29 is 14.7 Å². The van der Waals surface area contributed by atoms with Crippen molar-refractivity contribution in [2.45, 2.75) is 19.3 Å². The molecule has 0 unspecified atom stereocenters. The van der Waals surface area contributed by atoms with Gasteiger partial charge in [-0.15, -0.1) is 0 Å². The molecule has 6 heteroatoms. The molecule has 0 atom stereocenters. The van der Waals surface area contributed by atoms with E-state index in [1.54, 1.807) is 24.3 Å². The van der Waals surface area contributed by atoms with Crippen molar-refractivity contribution in [3.8, 4) is 16.9 Å². The van der Waals surface area contributed by atoms with Crippen LogP contribution in [0.25, 0.3) is 11.1 Å². The van der Waals surface area contributed by atoms with Crippen LogP contribution in [0.1, 0.15) is 40.0 Å². The van der Waals surface area contributed by atoms with Crippen molar-refractivity contribution in [3.05, 3.63) is 77.9 Å². The lowest BCUT2D eigenvalue weighted by atomic mass is 10.0. The summed E-state index contributed by atoms with van der Waals surface area (Å²) in [7, 11) is 0. The van der Waals surface area contributed by atoms with Gasteiger partial charge in [0.25, 0.3) is 11.1 Å². The van der Waals surface area contributed by atoms with Crippen molar-refractivity contribution in [3.63, 3.8) is 0 Å². The summed E-state index contributed by atoms with van der Waals surface area (Å²) in [4.78, 5) is 27.2. The first-order valence-corrected chi connectivity index (χ1v) is 10.7. The van der Waals surface area contributed by atoms with Gasteiger partial charge in [-0.05, 0) is 72.3 Å². The average Bonchev–Trinajstić information content (AvgIpc) is 2.80. The summed E-state index contributed by atoms with van der Waals surface area (Å²) in [6.07, 6.45) is 3.42. The minimum absolute atomic E-state index is 0.115. The van der Waals surface area contributed by atoms with Crippen molar-refractivity contribution in [1.29, 1.82) is 0 Å². The number of hydrogen-bond acceptors (Lipinski definition) is 4. The predicted molar refractivity (Wildman–Crippen MR) is 124 cm³/mol. The van der Waals surface area contributed by atoms with Crippen LogP contribution in [0.2, 0.25) is 0 Å². The normalized spacial score (nSPS) is 13.6. The van der Waals surface area contributed by atoms with E-state index < -0.39 is 11.1 Å². The standard InChI is InChI=1S/C25H23ClN2O3/c26-24(30)20-11-9-18(17-7-3-1-4-8-17)15-22(20)27-25(31)21-16-19(10-12-23(21)29)28-13-5-2-6-14-28/h1,3-4,7-12,15-16,29H,2,5-6,13-14H2,(H,27,31). The highest BCUT2D eigenvalue weighted by Crippen LogP contribution is 2.30. The zero-order valence-electron chi connectivity index (χ0n) is 17.0. The van der Waals surface area contributed by atoms with E-state index in [2.05, 4.69) is 10.2 Å². The molecule has 0 bridgehead atoms. The Labute approximate surface area is 186 Å². The number of aromatic hydroxyl groups is 1. The lowest BCUT2D eigenvalue weighted by Crippen LogP contribution is -2.29. The summed E-state index contributed by atoms with van der Waals surface area (Å²) in [6.45, 7) is 1.85. The van der Waals surface area contributed by atoms with Gasteiger partial charge in [0, 0.05) is 18.8 Å². The predicted octanol–water partition coefficient (Wildman–Crippen LogP) is 5.68. The Morgan fingerprint density at radius 3 is 2.29 bits per heavy atom. The molecule has 31 heavy (non-hydrogen) atoms. The number of rotatable bonds is 5. The van der Waals surface area contributed by atoms with Gasteiger partial charge in [-0.3, -0.25) is 9.59 Å². The molecule has 0 saturated carbocycles. The number of halogens is 1. The van der Waals surface area contributed by atoms with E-state index in [0.717, 1.165) is 42.7 Å². The lowest BCUT2D eigenvalue weighted by Gasteiger charge is -2.29. The molecule has 3 aromatic carbocycles. The zero-order valence-corrected chi connectivity index (χ0v) is 17.7. The van der Waals surface area contributed by atoms with Crippen LogP contribution in [0, 0.1) is 0 Å². The Bertz CT molecular complexity index is 1110. The average molecular weight is 435 g/mol. The molecular weight excluding hydrogens is 412 g/mol. The van der Waals surface area contributed by atoms with E-state index in [4.69, 9.17) is 11.6 Å². The molecule has 1 aliphatic rings. The van der Waals surface area contributed by atoms with Crippen LogP contribution in [0.5, 0.6) is 5.75 Å². The number of amides is 1. The Morgan fingerprint density at radius 2 is 1.58 bits per heavy atom. The number of benzene rings is 3. The largest absolute Gasteiger partial charge is 0.507 e. The molecule has 0 aromatic heterocycles. The first-order chi connectivity index (χ1) is 15.0. The summed E-state index contributed by atoms with van der Waals surface area (Å²) in [5.41, 5.74) is 3.33. The summed E-state index contributed by atoms with van der Waals surface area (Å²) in [6, 6.07) is 19.8. The summed E-state index contributed by atoms with van der Waals surface area (Å²) in [5, 5.41) is 12.4. The van der Waals surface area contributed by atoms with Gasteiger partial charge >= 0.3 is 0 Å². The molecule has 1 amide bonds. The minimum Gasteiger partial charge on any atom is -0.507 e. The number of piperidine rings is 1. The fraction of sp³-hybridized carbons (Fsp3) is 0.200. The molecular formula is C25H23ClN2O3. The molecule has 1 saturated heterocycles. The third kappa shape index (κ3) is 4.72. The monoisotopic (exact) mass is 434 g/mol. The van der Waals surface area contributed by atoms with Gasteiger partial charge in [-0.1, -0.05) is 36.4 Å². The lowest BCUT2D eigenvalue weighted by molar-refractivity contribution is 0.102. The maximum atomic E-state index is 13.0. The van der Waals surface area contributed by atoms with Crippen LogP contribution >= 0.6 is 11.6 Å². The van der Waals surface area contributed by atoms with Crippen LogP contribution in [0.15, 0.2) is 66.7 Å². The molecule has 0 aliphatic carbocycles.